The van der Waals surface area contributed by atoms with Crippen LogP contribution >= 0.6 is 0 Å². The van der Waals surface area contributed by atoms with E-state index in [1.165, 1.54) is 16.7 Å². The Morgan fingerprint density at radius 2 is 1.41 bits per heavy atom. The van der Waals surface area contributed by atoms with Gasteiger partial charge in [-0.15, -0.1) is 0 Å². The molecule has 0 saturated carbocycles. The van der Waals surface area contributed by atoms with Gasteiger partial charge in [0.2, 0.25) is 0 Å². The smallest absolute Gasteiger partial charge is 0.308 e. The molecule has 0 spiro atoms. The predicted octanol–water partition coefficient (Wildman–Crippen LogP) is 6.99. The van der Waals surface area contributed by atoms with Crippen molar-refractivity contribution in [1.82, 2.24) is 0 Å². The lowest BCUT2D eigenvalue weighted by atomic mass is 9.74. The van der Waals surface area contributed by atoms with Gasteiger partial charge in [0, 0.05) is 11.8 Å². The van der Waals surface area contributed by atoms with Crippen LogP contribution in [-0.4, -0.2) is 25.2 Å². The van der Waals surface area contributed by atoms with E-state index in [-0.39, 0.29) is 34.6 Å². The highest BCUT2D eigenvalue weighted by Gasteiger charge is 2.40. The fourth-order valence-corrected chi connectivity index (χ4v) is 4.44. The van der Waals surface area contributed by atoms with Gasteiger partial charge in [-0.05, 0) is 43.9 Å². The van der Waals surface area contributed by atoms with Crippen LogP contribution in [-0.2, 0) is 19.1 Å². The normalized spacial score (nSPS) is 26.1. The molecule has 0 saturated heterocycles. The topological polar surface area (TPSA) is 52.6 Å². The summed E-state index contributed by atoms with van der Waals surface area (Å²) in [6, 6.07) is 0. The molecule has 0 bridgehead atoms. The van der Waals surface area contributed by atoms with Crippen LogP contribution < -0.4 is 0 Å². The fourth-order valence-electron chi connectivity index (χ4n) is 4.44. The van der Waals surface area contributed by atoms with Crippen molar-refractivity contribution in [3.05, 3.63) is 22.8 Å². The Hall–Kier alpha value is -1.58. The molecule has 0 aromatic rings. The van der Waals surface area contributed by atoms with Crippen molar-refractivity contribution in [1.29, 1.82) is 0 Å². The average Bonchev–Trinajstić information content (AvgIpc) is 3.02. The Labute approximate surface area is 197 Å². The molecule has 0 fully saturated rings. The Balaban J connectivity index is 0.000000320. The molecule has 2 rings (SSSR count). The minimum atomic E-state index is -0.0959. The van der Waals surface area contributed by atoms with Gasteiger partial charge in [0.25, 0.3) is 0 Å². The summed E-state index contributed by atoms with van der Waals surface area (Å²) in [7, 11) is 0. The first kappa shape index (κ1) is 28.5. The van der Waals surface area contributed by atoms with Crippen molar-refractivity contribution in [3.63, 3.8) is 0 Å². The number of ether oxygens (including phenoxy) is 2. The maximum Gasteiger partial charge on any atom is 0.308 e. The van der Waals surface area contributed by atoms with E-state index in [1.54, 1.807) is 0 Å². The van der Waals surface area contributed by atoms with Gasteiger partial charge in [-0.2, -0.15) is 0 Å². The lowest BCUT2D eigenvalue weighted by molar-refractivity contribution is -0.150. The molecule has 4 nitrogen and oxygen atoms in total. The molecule has 1 unspecified atom stereocenters. The first-order valence-corrected chi connectivity index (χ1v) is 12.2. The molecule has 0 aliphatic heterocycles. The lowest BCUT2D eigenvalue weighted by Gasteiger charge is -2.32. The standard InChI is InChI=1S/2C14H24O2/c2*1-9(2)13(15)16-8-12-7-10(3)11(4)14(12,5)6/h9,12H,7-8H2,1-6H3;7,9,11-12H,8H2,1-6H3/t;11-,12+/m.1/s1. The second kappa shape index (κ2) is 11.0. The van der Waals surface area contributed by atoms with Gasteiger partial charge in [0.1, 0.15) is 0 Å². The van der Waals surface area contributed by atoms with Gasteiger partial charge < -0.3 is 9.47 Å². The van der Waals surface area contributed by atoms with Crippen LogP contribution in [0, 0.1) is 40.4 Å². The minimum Gasteiger partial charge on any atom is -0.465 e. The first-order chi connectivity index (χ1) is 14.5. The van der Waals surface area contributed by atoms with Crippen LogP contribution in [0.25, 0.3) is 0 Å². The summed E-state index contributed by atoms with van der Waals surface area (Å²) < 4.78 is 10.7. The Kier molecular flexibility index (Phi) is 9.81. The van der Waals surface area contributed by atoms with Crippen molar-refractivity contribution in [2.75, 3.05) is 13.2 Å². The van der Waals surface area contributed by atoms with E-state index in [1.807, 2.05) is 27.7 Å². The second-order valence-electron chi connectivity index (χ2n) is 11.7. The van der Waals surface area contributed by atoms with Crippen LogP contribution in [0.3, 0.4) is 0 Å². The van der Waals surface area contributed by atoms with Crippen LogP contribution in [0.4, 0.5) is 0 Å². The second-order valence-corrected chi connectivity index (χ2v) is 11.7. The Morgan fingerprint density at radius 1 is 0.938 bits per heavy atom. The summed E-state index contributed by atoms with van der Waals surface area (Å²) >= 11 is 0. The van der Waals surface area contributed by atoms with E-state index < -0.39 is 0 Å². The summed E-state index contributed by atoms with van der Waals surface area (Å²) in [5.41, 5.74) is 4.69. The van der Waals surface area contributed by atoms with Gasteiger partial charge in [0.15, 0.2) is 0 Å². The highest BCUT2D eigenvalue weighted by atomic mass is 16.5. The molecule has 2 aliphatic carbocycles. The highest BCUT2D eigenvalue weighted by Crippen LogP contribution is 2.47. The minimum absolute atomic E-state index is 0.0281. The fraction of sp³-hybridized carbons (Fsp3) is 0.786. The highest BCUT2D eigenvalue weighted by molar-refractivity contribution is 5.71. The number of esters is 2. The third-order valence-corrected chi connectivity index (χ3v) is 8.17. The lowest BCUT2D eigenvalue weighted by Crippen LogP contribution is -2.29. The zero-order valence-electron chi connectivity index (χ0n) is 22.7. The average molecular weight is 449 g/mol. The van der Waals surface area contributed by atoms with Crippen molar-refractivity contribution >= 4 is 11.9 Å². The molecule has 0 aromatic carbocycles. The van der Waals surface area contributed by atoms with E-state index in [0.29, 0.717) is 31.0 Å². The molecule has 0 aromatic heterocycles. The van der Waals surface area contributed by atoms with Gasteiger partial charge in [-0.25, -0.2) is 0 Å². The quantitative estimate of drug-likeness (QED) is 0.324. The van der Waals surface area contributed by atoms with Gasteiger partial charge >= 0.3 is 11.9 Å². The van der Waals surface area contributed by atoms with E-state index in [0.717, 1.165) is 6.42 Å². The summed E-state index contributed by atoms with van der Waals surface area (Å²) in [5, 5.41) is 0. The van der Waals surface area contributed by atoms with Crippen LogP contribution in [0.1, 0.15) is 89.5 Å². The monoisotopic (exact) mass is 448 g/mol. The number of carbonyl (C=O) groups is 2. The number of allylic oxidation sites excluding steroid dienone is 3. The molecule has 0 amide bonds. The molecule has 0 radical (unpaired) electrons. The van der Waals surface area contributed by atoms with E-state index in [4.69, 9.17) is 9.47 Å². The zero-order valence-corrected chi connectivity index (χ0v) is 22.7. The van der Waals surface area contributed by atoms with Gasteiger partial charge in [-0.3, -0.25) is 9.59 Å². The van der Waals surface area contributed by atoms with Crippen LogP contribution in [0.5, 0.6) is 0 Å². The number of hydrogen-bond acceptors (Lipinski definition) is 4. The zero-order chi connectivity index (χ0) is 25.0. The summed E-state index contributed by atoms with van der Waals surface area (Å²) in [6.07, 6.45) is 3.32. The number of carbonyl (C=O) groups excluding carboxylic acids is 2. The van der Waals surface area contributed by atoms with Gasteiger partial charge in [-0.1, -0.05) is 85.1 Å². The Bertz CT molecular complexity index is 737. The molecule has 3 atom stereocenters. The maximum atomic E-state index is 11.4. The van der Waals surface area contributed by atoms with Gasteiger partial charge in [0.05, 0.1) is 25.0 Å². The summed E-state index contributed by atoms with van der Waals surface area (Å²) in [4.78, 5) is 22.9. The predicted molar refractivity (Wildman–Crippen MR) is 132 cm³/mol. The van der Waals surface area contributed by atoms with Crippen molar-refractivity contribution in [3.8, 4) is 0 Å². The summed E-state index contributed by atoms with van der Waals surface area (Å²) in [6.45, 7) is 26.3. The molecule has 184 valence electrons. The van der Waals surface area contributed by atoms with E-state index in [9.17, 15) is 9.59 Å². The summed E-state index contributed by atoms with van der Waals surface area (Å²) in [5.74, 6) is 1.11. The number of hydrogen-bond donors (Lipinski definition) is 0. The van der Waals surface area contributed by atoms with Crippen LogP contribution in [0.2, 0.25) is 0 Å². The largest absolute Gasteiger partial charge is 0.465 e. The van der Waals surface area contributed by atoms with E-state index >= 15 is 0 Å². The SMILES string of the molecule is CC1=C(C)C(C)(C)C(COC(=O)C(C)C)C1.CC1=C[C@@H](COC(=O)C(C)C)C(C)(C)[C@@H]1C. The third-order valence-electron chi connectivity index (χ3n) is 8.17. The molecule has 2 aliphatic rings. The molecule has 4 heteroatoms. The molecular weight excluding hydrogens is 400 g/mol. The van der Waals surface area contributed by atoms with E-state index in [2.05, 4.69) is 61.5 Å². The van der Waals surface area contributed by atoms with Crippen molar-refractivity contribution < 1.29 is 19.1 Å². The maximum absolute atomic E-state index is 11.4. The van der Waals surface area contributed by atoms with Crippen LogP contribution in [0.15, 0.2) is 22.8 Å². The molecule has 0 N–H and O–H groups in total. The number of rotatable bonds is 6. The first-order valence-electron chi connectivity index (χ1n) is 12.2. The third kappa shape index (κ3) is 6.71. The molecule has 32 heavy (non-hydrogen) atoms. The Morgan fingerprint density at radius 3 is 1.75 bits per heavy atom. The molecule has 0 heterocycles. The van der Waals surface area contributed by atoms with Crippen molar-refractivity contribution in [2.24, 2.45) is 40.4 Å². The van der Waals surface area contributed by atoms with Crippen molar-refractivity contribution in [2.45, 2.75) is 89.5 Å². The molecular formula is C28H48O4.